The summed E-state index contributed by atoms with van der Waals surface area (Å²) < 4.78 is 4.49. The Labute approximate surface area is 124 Å². The van der Waals surface area contributed by atoms with Gasteiger partial charge < -0.3 is 5.73 Å². The van der Waals surface area contributed by atoms with Gasteiger partial charge >= 0.3 is 0 Å². The zero-order valence-electron chi connectivity index (χ0n) is 10.4. The van der Waals surface area contributed by atoms with Gasteiger partial charge in [-0.1, -0.05) is 29.3 Å². The maximum atomic E-state index is 6.02. The van der Waals surface area contributed by atoms with Crippen molar-refractivity contribution in [2.75, 3.05) is 12.8 Å². The van der Waals surface area contributed by atoms with E-state index in [1.807, 2.05) is 0 Å². The fourth-order valence-corrected chi connectivity index (χ4v) is 1.84. The molecule has 0 unspecified atom stereocenters. The monoisotopic (exact) mass is 315 g/mol. The van der Waals surface area contributed by atoms with Crippen molar-refractivity contribution in [3.63, 3.8) is 0 Å². The smallest absolute Gasteiger partial charge is 0.199 e. The van der Waals surface area contributed by atoms with Crippen LogP contribution in [0.3, 0.4) is 0 Å². The number of nitrogens with one attached hydrogen (secondary N) is 1. The molecule has 3 N–H and O–H groups in total. The van der Waals surface area contributed by atoms with Crippen molar-refractivity contribution in [3.8, 4) is 0 Å². The second-order valence-corrected chi connectivity index (χ2v) is 4.54. The number of aromatic nitrogens is 2. The van der Waals surface area contributed by atoms with Crippen LogP contribution in [0.15, 0.2) is 27.8 Å². The van der Waals surface area contributed by atoms with Gasteiger partial charge in [-0.25, -0.2) is 10.1 Å². The molecule has 2 aromatic rings. The van der Waals surface area contributed by atoms with Crippen LogP contribution in [0.4, 0.5) is 5.82 Å². The molecule has 0 atom stereocenters. The fraction of sp³-hybridized carbons (Fsp3) is 0.182. The van der Waals surface area contributed by atoms with Crippen molar-refractivity contribution in [2.45, 2.75) is 6.61 Å². The molecule has 0 aliphatic carbocycles. The van der Waals surface area contributed by atoms with E-state index in [0.717, 1.165) is 5.56 Å². The predicted octanol–water partition coefficient (Wildman–Crippen LogP) is 2.06. The zero-order valence-corrected chi connectivity index (χ0v) is 11.9. The van der Waals surface area contributed by atoms with Crippen molar-refractivity contribution >= 4 is 34.9 Å². The van der Waals surface area contributed by atoms with Crippen LogP contribution < -0.4 is 11.2 Å². The first-order valence-corrected chi connectivity index (χ1v) is 6.24. The molecule has 0 radical (unpaired) electrons. The highest BCUT2D eigenvalue weighted by molar-refractivity contribution is 6.35. The van der Waals surface area contributed by atoms with Crippen molar-refractivity contribution < 1.29 is 9.47 Å². The summed E-state index contributed by atoms with van der Waals surface area (Å²) in [7, 11) is 1.55. The molecule has 0 amide bonds. The van der Waals surface area contributed by atoms with Crippen LogP contribution in [0.5, 0.6) is 0 Å². The Hall–Kier alpha value is -1.83. The van der Waals surface area contributed by atoms with Crippen LogP contribution in [0.2, 0.25) is 10.0 Å². The first-order valence-electron chi connectivity index (χ1n) is 5.48. The van der Waals surface area contributed by atoms with E-state index in [0.29, 0.717) is 15.9 Å². The molecule has 0 spiro atoms. The van der Waals surface area contributed by atoms with E-state index >= 15 is 0 Å². The summed E-state index contributed by atoms with van der Waals surface area (Å²) in [6.07, 6.45) is 0. The first kappa shape index (κ1) is 14.6. The molecule has 7 nitrogen and oxygen atoms in total. The molecule has 9 heteroatoms. The topological polar surface area (TPSA) is 98.6 Å². The lowest BCUT2D eigenvalue weighted by Crippen LogP contribution is -2.26. The summed E-state index contributed by atoms with van der Waals surface area (Å²) in [6, 6.07) is 5.12. The van der Waals surface area contributed by atoms with Gasteiger partial charge in [-0.05, 0) is 28.0 Å². The minimum absolute atomic E-state index is 0.117. The Morgan fingerprint density at radius 1 is 1.45 bits per heavy atom. The summed E-state index contributed by atoms with van der Waals surface area (Å²) in [5.41, 5.74) is 9.22. The van der Waals surface area contributed by atoms with Crippen molar-refractivity contribution in [1.82, 2.24) is 15.8 Å². The largest absolute Gasteiger partial charge is 0.379 e. The number of nitrogen functional groups attached to an aromatic ring is 1. The predicted molar refractivity (Wildman–Crippen MR) is 75.6 cm³/mol. The second-order valence-electron chi connectivity index (χ2n) is 3.70. The molecule has 2 rings (SSSR count). The number of rotatable bonds is 4. The molecule has 20 heavy (non-hydrogen) atoms. The van der Waals surface area contributed by atoms with Gasteiger partial charge in [0.25, 0.3) is 0 Å². The molecule has 0 saturated heterocycles. The highest BCUT2D eigenvalue weighted by Gasteiger charge is 2.13. The van der Waals surface area contributed by atoms with Gasteiger partial charge in [0.15, 0.2) is 17.3 Å². The average molecular weight is 316 g/mol. The SMILES string of the molecule is CN=C(NOCc1ccc(Cl)cc1Cl)c1nonc1N. The van der Waals surface area contributed by atoms with E-state index in [4.69, 9.17) is 33.8 Å². The van der Waals surface area contributed by atoms with E-state index in [2.05, 4.69) is 25.4 Å². The molecule has 0 aliphatic heterocycles. The van der Waals surface area contributed by atoms with Gasteiger partial charge in [0.05, 0.1) is 0 Å². The van der Waals surface area contributed by atoms with Crippen molar-refractivity contribution in [2.24, 2.45) is 4.99 Å². The molecule has 1 aromatic heterocycles. The molecule has 1 aromatic carbocycles. The Morgan fingerprint density at radius 2 is 2.25 bits per heavy atom. The summed E-state index contributed by atoms with van der Waals surface area (Å²) in [4.78, 5) is 9.24. The molecule has 0 saturated carbocycles. The van der Waals surface area contributed by atoms with Crippen LogP contribution in [0, 0.1) is 0 Å². The van der Waals surface area contributed by atoms with Gasteiger partial charge in [-0.15, -0.1) is 0 Å². The highest BCUT2D eigenvalue weighted by Crippen LogP contribution is 2.21. The number of anilines is 1. The third kappa shape index (κ3) is 3.38. The number of nitrogens with two attached hydrogens (primary N) is 1. The van der Waals surface area contributed by atoms with E-state index in [9.17, 15) is 0 Å². The molecular formula is C11H11Cl2N5O2. The Balaban J connectivity index is 1.97. The summed E-state index contributed by atoms with van der Waals surface area (Å²) in [6.45, 7) is 0.209. The number of nitrogens with zero attached hydrogens (tertiary/aromatic N) is 3. The van der Waals surface area contributed by atoms with E-state index in [1.165, 1.54) is 0 Å². The molecular weight excluding hydrogens is 305 g/mol. The molecule has 0 fully saturated rings. The van der Waals surface area contributed by atoms with Crippen LogP contribution in [-0.4, -0.2) is 23.2 Å². The van der Waals surface area contributed by atoms with Crippen LogP contribution in [0.1, 0.15) is 11.3 Å². The zero-order chi connectivity index (χ0) is 14.5. The molecule has 106 valence electrons. The van der Waals surface area contributed by atoms with Gasteiger partial charge in [0.1, 0.15) is 6.61 Å². The number of hydrogen-bond donors (Lipinski definition) is 2. The molecule has 1 heterocycles. The third-order valence-electron chi connectivity index (χ3n) is 2.37. The normalized spacial score (nSPS) is 11.7. The Morgan fingerprint density at radius 3 is 2.85 bits per heavy atom. The number of benzene rings is 1. The first-order chi connectivity index (χ1) is 9.61. The maximum absolute atomic E-state index is 6.02. The van der Waals surface area contributed by atoms with Crippen LogP contribution in [0.25, 0.3) is 0 Å². The van der Waals surface area contributed by atoms with Crippen LogP contribution >= 0.6 is 23.2 Å². The summed E-state index contributed by atoms with van der Waals surface area (Å²) in [5, 5.41) is 8.14. The summed E-state index contributed by atoms with van der Waals surface area (Å²) >= 11 is 11.8. The van der Waals surface area contributed by atoms with E-state index < -0.39 is 0 Å². The summed E-state index contributed by atoms with van der Waals surface area (Å²) in [5.74, 6) is 0.417. The average Bonchev–Trinajstić information content (AvgIpc) is 2.83. The van der Waals surface area contributed by atoms with Crippen LogP contribution in [-0.2, 0) is 11.4 Å². The van der Waals surface area contributed by atoms with Crippen molar-refractivity contribution in [3.05, 3.63) is 39.5 Å². The fourth-order valence-electron chi connectivity index (χ4n) is 1.38. The maximum Gasteiger partial charge on any atom is 0.199 e. The van der Waals surface area contributed by atoms with Gasteiger partial charge in [0.2, 0.25) is 0 Å². The second kappa shape index (κ2) is 6.56. The lowest BCUT2D eigenvalue weighted by Gasteiger charge is -2.08. The lowest BCUT2D eigenvalue weighted by molar-refractivity contribution is 0.0713. The minimum atomic E-state index is 0.117. The van der Waals surface area contributed by atoms with Gasteiger partial charge in [0, 0.05) is 17.1 Å². The molecule has 0 bridgehead atoms. The highest BCUT2D eigenvalue weighted by atomic mass is 35.5. The minimum Gasteiger partial charge on any atom is -0.379 e. The molecule has 0 aliphatic rings. The number of halogens is 2. The number of amidine groups is 1. The Kier molecular flexibility index (Phi) is 4.78. The standard InChI is InChI=1S/C11H11Cl2N5O2/c1-15-11(9-10(14)17-20-16-9)18-19-5-6-2-3-7(12)4-8(6)13/h2-4H,5H2,1H3,(H2,14,17)(H,15,18). The third-order valence-corrected chi connectivity index (χ3v) is 2.96. The number of hydroxylamine groups is 1. The number of aliphatic imine (C=N–C) groups is 1. The quantitative estimate of drug-likeness (QED) is 0.509. The van der Waals surface area contributed by atoms with Gasteiger partial charge in [-0.3, -0.25) is 9.83 Å². The Bertz CT molecular complexity index is 629. The van der Waals surface area contributed by atoms with E-state index in [-0.39, 0.29) is 18.1 Å². The lowest BCUT2D eigenvalue weighted by atomic mass is 10.2. The van der Waals surface area contributed by atoms with E-state index in [1.54, 1.807) is 25.2 Å². The van der Waals surface area contributed by atoms with Gasteiger partial charge in [-0.2, -0.15) is 0 Å². The van der Waals surface area contributed by atoms with Crippen molar-refractivity contribution in [1.29, 1.82) is 0 Å². The number of hydrogen-bond acceptors (Lipinski definition) is 6.